The minimum atomic E-state index is -3.49. The Morgan fingerprint density at radius 3 is 2.65 bits per heavy atom. The van der Waals surface area contributed by atoms with Crippen molar-refractivity contribution in [2.45, 2.75) is 29.3 Å². The Labute approximate surface area is 158 Å². The molecule has 2 heterocycles. The number of pyridine rings is 1. The minimum absolute atomic E-state index is 0.0271. The number of para-hydroxylation sites is 1. The third-order valence-corrected chi connectivity index (χ3v) is 7.03. The number of aromatic nitrogens is 1. The number of amides is 1. The molecule has 3 rings (SSSR count). The first-order chi connectivity index (χ1) is 12.3. The number of rotatable bonds is 5. The van der Waals surface area contributed by atoms with Gasteiger partial charge in [-0.3, -0.25) is 4.79 Å². The summed E-state index contributed by atoms with van der Waals surface area (Å²) in [4.78, 5) is 18.8. The molecule has 0 unspecified atom stereocenters. The quantitative estimate of drug-likeness (QED) is 0.732. The third-order valence-electron chi connectivity index (χ3n) is 4.31. The van der Waals surface area contributed by atoms with Crippen LogP contribution in [0.15, 0.2) is 52.5 Å². The average Bonchev–Trinajstić information content (AvgIpc) is 2.95. The number of anilines is 1. The zero-order chi connectivity index (χ0) is 18.9. The van der Waals surface area contributed by atoms with E-state index in [1.54, 1.807) is 6.07 Å². The van der Waals surface area contributed by atoms with E-state index in [4.69, 9.17) is 0 Å². The molecule has 1 aliphatic heterocycles. The number of hydrogen-bond acceptors (Lipinski definition) is 5. The van der Waals surface area contributed by atoms with Gasteiger partial charge < -0.3 is 4.90 Å². The fourth-order valence-electron chi connectivity index (χ4n) is 2.97. The Balaban J connectivity index is 1.67. The summed E-state index contributed by atoms with van der Waals surface area (Å²) in [6.07, 6.45) is 2.19. The van der Waals surface area contributed by atoms with Crippen LogP contribution in [0.1, 0.15) is 12.5 Å². The van der Waals surface area contributed by atoms with Crippen molar-refractivity contribution in [3.8, 4) is 0 Å². The smallest absolute Gasteiger partial charge is 0.244 e. The second-order valence-electron chi connectivity index (χ2n) is 6.35. The van der Waals surface area contributed by atoms with Gasteiger partial charge >= 0.3 is 0 Å². The molecule has 6 nitrogen and oxygen atoms in total. The Morgan fingerprint density at radius 1 is 1.27 bits per heavy atom. The topological polar surface area (TPSA) is 70.6 Å². The maximum atomic E-state index is 12.7. The normalized spacial score (nSPS) is 16.8. The predicted molar refractivity (Wildman–Crippen MR) is 103 cm³/mol. The summed E-state index contributed by atoms with van der Waals surface area (Å²) in [5.41, 5.74) is 2.17. The van der Waals surface area contributed by atoms with Gasteiger partial charge in [0.1, 0.15) is 4.90 Å². The van der Waals surface area contributed by atoms with Crippen LogP contribution in [0.25, 0.3) is 0 Å². The van der Waals surface area contributed by atoms with Crippen LogP contribution in [0.2, 0.25) is 0 Å². The monoisotopic (exact) mass is 391 g/mol. The molecule has 0 fully saturated rings. The van der Waals surface area contributed by atoms with Gasteiger partial charge in [-0.15, -0.1) is 0 Å². The summed E-state index contributed by atoms with van der Waals surface area (Å²) < 4.78 is 25.3. The third kappa shape index (κ3) is 3.62. The molecule has 0 saturated carbocycles. The Bertz CT molecular complexity index is 912. The lowest BCUT2D eigenvalue weighted by atomic mass is 10.1. The summed E-state index contributed by atoms with van der Waals surface area (Å²) >= 11 is 1.31. The number of benzene rings is 1. The molecular weight excluding hydrogens is 370 g/mol. The van der Waals surface area contributed by atoms with E-state index in [0.29, 0.717) is 5.03 Å². The molecule has 1 atom stereocenters. The molecule has 2 aromatic rings. The second-order valence-corrected chi connectivity index (χ2v) is 9.50. The van der Waals surface area contributed by atoms with E-state index in [-0.39, 0.29) is 22.6 Å². The van der Waals surface area contributed by atoms with Gasteiger partial charge in [0.25, 0.3) is 0 Å². The zero-order valence-electron chi connectivity index (χ0n) is 14.9. The summed E-state index contributed by atoms with van der Waals surface area (Å²) in [6.45, 7) is 2.04. The first-order valence-corrected chi connectivity index (χ1v) is 10.6. The summed E-state index contributed by atoms with van der Waals surface area (Å²) in [5, 5.41) is 0.621. The highest BCUT2D eigenvalue weighted by Gasteiger charge is 2.30. The lowest BCUT2D eigenvalue weighted by Gasteiger charge is -2.22. The summed E-state index contributed by atoms with van der Waals surface area (Å²) in [6, 6.07) is 11.2. The zero-order valence-corrected chi connectivity index (χ0v) is 16.5. The van der Waals surface area contributed by atoms with Crippen molar-refractivity contribution in [3.63, 3.8) is 0 Å². The van der Waals surface area contributed by atoms with Crippen molar-refractivity contribution in [2.24, 2.45) is 0 Å². The van der Waals surface area contributed by atoms with Crippen molar-refractivity contribution in [3.05, 3.63) is 48.2 Å². The molecule has 26 heavy (non-hydrogen) atoms. The van der Waals surface area contributed by atoms with Crippen LogP contribution in [-0.4, -0.2) is 49.5 Å². The van der Waals surface area contributed by atoms with Gasteiger partial charge in [0.2, 0.25) is 15.9 Å². The van der Waals surface area contributed by atoms with E-state index >= 15 is 0 Å². The van der Waals surface area contributed by atoms with Gasteiger partial charge in [0, 0.05) is 32.0 Å². The SMILES string of the molecule is C[C@H]1Cc2ccccc2N1C(=O)CSc1ccc(S(=O)(=O)N(C)C)cn1. The number of fused-ring (bicyclic) bond motifs is 1. The molecular formula is C18H21N3O3S2. The van der Waals surface area contributed by atoms with Crippen LogP contribution < -0.4 is 4.90 Å². The largest absolute Gasteiger partial charge is 0.308 e. The van der Waals surface area contributed by atoms with Crippen LogP contribution in [0, 0.1) is 0 Å². The van der Waals surface area contributed by atoms with Crippen LogP contribution in [-0.2, 0) is 21.2 Å². The van der Waals surface area contributed by atoms with Gasteiger partial charge in [-0.2, -0.15) is 0 Å². The maximum absolute atomic E-state index is 12.7. The van der Waals surface area contributed by atoms with Crippen LogP contribution in [0.4, 0.5) is 5.69 Å². The van der Waals surface area contributed by atoms with Crippen LogP contribution >= 0.6 is 11.8 Å². The molecule has 1 aromatic carbocycles. The lowest BCUT2D eigenvalue weighted by molar-refractivity contribution is -0.116. The Kier molecular flexibility index (Phi) is 5.36. The van der Waals surface area contributed by atoms with Crippen molar-refractivity contribution in [1.82, 2.24) is 9.29 Å². The van der Waals surface area contributed by atoms with E-state index in [2.05, 4.69) is 11.1 Å². The lowest BCUT2D eigenvalue weighted by Crippen LogP contribution is -2.36. The highest BCUT2D eigenvalue weighted by molar-refractivity contribution is 7.99. The van der Waals surface area contributed by atoms with E-state index in [1.165, 1.54) is 43.7 Å². The summed E-state index contributed by atoms with van der Waals surface area (Å²) in [7, 11) is -0.537. The van der Waals surface area contributed by atoms with E-state index in [9.17, 15) is 13.2 Å². The van der Waals surface area contributed by atoms with Crippen molar-refractivity contribution in [2.75, 3.05) is 24.7 Å². The van der Waals surface area contributed by atoms with E-state index in [1.807, 2.05) is 30.0 Å². The molecule has 0 aliphatic carbocycles. The number of carbonyl (C=O) groups excluding carboxylic acids is 1. The number of thioether (sulfide) groups is 1. The fraction of sp³-hybridized carbons (Fsp3) is 0.333. The summed E-state index contributed by atoms with van der Waals surface area (Å²) in [5.74, 6) is 0.282. The molecule has 8 heteroatoms. The van der Waals surface area contributed by atoms with Crippen molar-refractivity contribution in [1.29, 1.82) is 0 Å². The molecule has 138 valence electrons. The molecule has 0 spiro atoms. The van der Waals surface area contributed by atoms with Gasteiger partial charge in [0.15, 0.2) is 0 Å². The standard InChI is InChI=1S/C18H21N3O3S2/c1-13-10-14-6-4-5-7-16(14)21(13)18(22)12-25-17-9-8-15(11-19-17)26(23,24)20(2)3/h4-9,11,13H,10,12H2,1-3H3/t13-/m0/s1. The number of hydrogen-bond donors (Lipinski definition) is 0. The van der Waals surface area contributed by atoms with Crippen LogP contribution in [0.3, 0.4) is 0 Å². The highest BCUT2D eigenvalue weighted by Crippen LogP contribution is 2.32. The molecule has 1 amide bonds. The first kappa shape index (κ1) is 18.9. The number of sulfonamides is 1. The first-order valence-electron chi connectivity index (χ1n) is 8.22. The molecule has 0 radical (unpaired) electrons. The molecule has 1 aliphatic rings. The van der Waals surface area contributed by atoms with E-state index in [0.717, 1.165) is 16.4 Å². The van der Waals surface area contributed by atoms with E-state index < -0.39 is 10.0 Å². The molecule has 0 bridgehead atoms. The van der Waals surface area contributed by atoms with Gasteiger partial charge in [-0.05, 0) is 37.1 Å². The van der Waals surface area contributed by atoms with Gasteiger partial charge in [-0.1, -0.05) is 30.0 Å². The average molecular weight is 392 g/mol. The number of carbonyl (C=O) groups is 1. The predicted octanol–water partition coefficient (Wildman–Crippen LogP) is 2.40. The molecule has 0 saturated heterocycles. The van der Waals surface area contributed by atoms with Gasteiger partial charge in [-0.25, -0.2) is 17.7 Å². The maximum Gasteiger partial charge on any atom is 0.244 e. The molecule has 0 N–H and O–H groups in total. The minimum Gasteiger partial charge on any atom is -0.308 e. The van der Waals surface area contributed by atoms with Crippen molar-refractivity contribution >= 4 is 33.4 Å². The highest BCUT2D eigenvalue weighted by atomic mass is 32.2. The van der Waals surface area contributed by atoms with Gasteiger partial charge in [0.05, 0.1) is 10.8 Å². The van der Waals surface area contributed by atoms with Crippen molar-refractivity contribution < 1.29 is 13.2 Å². The van der Waals surface area contributed by atoms with Crippen LogP contribution in [0.5, 0.6) is 0 Å². The number of nitrogens with zero attached hydrogens (tertiary/aromatic N) is 3. The molecule has 1 aromatic heterocycles. The Morgan fingerprint density at radius 2 is 2.00 bits per heavy atom. The Hall–Kier alpha value is -1.90. The fourth-order valence-corrected chi connectivity index (χ4v) is 4.52. The second kappa shape index (κ2) is 7.38.